The molecule has 7 nitrogen and oxygen atoms in total. The molecular weight excluding hydrogens is 709 g/mol. The van der Waals surface area contributed by atoms with Gasteiger partial charge < -0.3 is 18.9 Å². The maximum Gasteiger partial charge on any atom is 0.432 e. The Morgan fingerprint density at radius 1 is 0.527 bits per heavy atom. The Labute approximate surface area is 322 Å². The Morgan fingerprint density at radius 3 is 1.62 bits per heavy atom. The first-order valence-corrected chi connectivity index (χ1v) is 19.7. The van der Waals surface area contributed by atoms with Crippen molar-refractivity contribution in [3.05, 3.63) is 102 Å². The van der Waals surface area contributed by atoms with Gasteiger partial charge in [0.25, 0.3) is 0 Å². The molecule has 0 bridgehead atoms. The molecule has 0 aliphatic heterocycles. The molecule has 4 aromatic carbocycles. The van der Waals surface area contributed by atoms with Crippen LogP contribution in [0, 0.1) is 0 Å². The van der Waals surface area contributed by atoms with Gasteiger partial charge in [-0.3, -0.25) is 0 Å². The number of esters is 3. The van der Waals surface area contributed by atoms with Crippen LogP contribution in [-0.4, -0.2) is 36.8 Å². The van der Waals surface area contributed by atoms with Crippen LogP contribution < -0.4 is 14.2 Å². The molecule has 0 aliphatic carbocycles. The van der Waals surface area contributed by atoms with Crippen molar-refractivity contribution in [3.63, 3.8) is 0 Å². The summed E-state index contributed by atoms with van der Waals surface area (Å²) in [6.45, 7) is 4.92. The lowest BCUT2D eigenvalue weighted by atomic mass is 10.1. The van der Waals surface area contributed by atoms with E-state index >= 15 is 0 Å². The molecule has 0 radical (unpaired) electrons. The minimum Gasteiger partial charge on any atom is -0.494 e. The molecule has 4 aromatic rings. The van der Waals surface area contributed by atoms with Gasteiger partial charge in [0.1, 0.15) is 17.2 Å². The first-order valence-electron chi connectivity index (χ1n) is 19.7. The number of alkyl halides is 3. The van der Waals surface area contributed by atoms with Crippen LogP contribution in [0.5, 0.6) is 17.2 Å². The summed E-state index contributed by atoms with van der Waals surface area (Å²) in [6.07, 6.45) is 7.34. The molecule has 1 unspecified atom stereocenters. The van der Waals surface area contributed by atoms with Gasteiger partial charge in [0.2, 0.25) is 6.17 Å². The number of hydrogen-bond acceptors (Lipinski definition) is 7. The Morgan fingerprint density at radius 2 is 0.982 bits per heavy atom. The molecule has 1 atom stereocenters. The lowest BCUT2D eigenvalue weighted by molar-refractivity contribution is -0.240. The van der Waals surface area contributed by atoms with Gasteiger partial charge in [-0.15, -0.1) is 0 Å². The molecule has 0 fully saturated rings. The van der Waals surface area contributed by atoms with Crippen LogP contribution in [0.2, 0.25) is 0 Å². The summed E-state index contributed by atoms with van der Waals surface area (Å²) < 4.78 is 63.8. The van der Waals surface area contributed by atoms with Gasteiger partial charge in [-0.05, 0) is 96.4 Å². The fraction of sp³-hybridized carbons (Fsp3) is 0.444. The molecule has 296 valence electrons. The summed E-state index contributed by atoms with van der Waals surface area (Å²) in [5.41, 5.74) is 0.362. The van der Waals surface area contributed by atoms with Gasteiger partial charge >= 0.3 is 24.0 Å². The molecule has 0 aliphatic rings. The van der Waals surface area contributed by atoms with Crippen LogP contribution in [-0.2, 0) is 4.74 Å². The molecule has 0 heterocycles. The predicted octanol–water partition coefficient (Wildman–Crippen LogP) is 12.6. The number of halogens is 3. The summed E-state index contributed by atoms with van der Waals surface area (Å²) in [6, 6.07) is 21.6. The van der Waals surface area contributed by atoms with E-state index in [1.807, 2.05) is 0 Å². The molecule has 0 amide bonds. The molecule has 0 N–H and O–H groups in total. The van der Waals surface area contributed by atoms with E-state index in [9.17, 15) is 27.6 Å². The first-order chi connectivity index (χ1) is 26.6. The van der Waals surface area contributed by atoms with Crippen molar-refractivity contribution in [2.75, 3.05) is 6.61 Å². The third kappa shape index (κ3) is 14.4. The van der Waals surface area contributed by atoms with Gasteiger partial charge in [-0.25, -0.2) is 18.8 Å². The number of rotatable bonds is 24. The van der Waals surface area contributed by atoms with Crippen molar-refractivity contribution in [2.45, 2.75) is 122 Å². The number of carbonyl (C=O) groups excluding carboxylic acids is 3. The quantitative estimate of drug-likeness (QED) is 0.0399. The highest BCUT2D eigenvalue weighted by atomic mass is 19.3. The van der Waals surface area contributed by atoms with Gasteiger partial charge in [-0.1, -0.05) is 109 Å². The Bertz CT molecular complexity index is 1790. The second-order valence-corrected chi connectivity index (χ2v) is 13.9. The zero-order valence-corrected chi connectivity index (χ0v) is 32.0. The van der Waals surface area contributed by atoms with Gasteiger partial charge in [-0.2, -0.15) is 8.78 Å². The lowest BCUT2D eigenvalue weighted by Gasteiger charge is -2.20. The minimum atomic E-state index is -4.27. The highest BCUT2D eigenvalue weighted by Gasteiger charge is 2.44. The molecule has 4 rings (SSSR count). The molecule has 0 saturated carbocycles. The highest BCUT2D eigenvalue weighted by molar-refractivity contribution is 5.97. The standard InChI is InChI=1S/C45H53F3O7/c1-3-5-7-9-11-12-14-16-30-52-38-25-20-33(21-26-38)42(49)54-40-29-24-35-31-37(19-18-36(35)32-40)43(50)53-39-27-22-34(23-28-39)44(51)55-45(47,48)41(46)17-15-13-10-8-6-4-2/h18-29,31-32,41H,3-17,30H2,1-2H3. The normalized spacial score (nSPS) is 11.9. The van der Waals surface area contributed by atoms with Crippen LogP contribution in [0.15, 0.2) is 84.9 Å². The zero-order valence-electron chi connectivity index (χ0n) is 32.0. The Hall–Kier alpha value is -4.86. The molecule has 0 saturated heterocycles. The van der Waals surface area contributed by atoms with E-state index < -0.39 is 36.6 Å². The Balaban J connectivity index is 1.22. The van der Waals surface area contributed by atoms with Crippen LogP contribution in [0.1, 0.15) is 141 Å². The van der Waals surface area contributed by atoms with Crippen LogP contribution in [0.3, 0.4) is 0 Å². The molecule has 0 spiro atoms. The highest BCUT2D eigenvalue weighted by Crippen LogP contribution is 2.29. The second-order valence-electron chi connectivity index (χ2n) is 13.9. The summed E-state index contributed by atoms with van der Waals surface area (Å²) in [7, 11) is 0. The van der Waals surface area contributed by atoms with Crippen molar-refractivity contribution < 1.29 is 46.5 Å². The second kappa shape index (κ2) is 22.5. The van der Waals surface area contributed by atoms with E-state index in [2.05, 4.69) is 18.6 Å². The largest absolute Gasteiger partial charge is 0.494 e. The van der Waals surface area contributed by atoms with Crippen molar-refractivity contribution in [3.8, 4) is 17.2 Å². The fourth-order valence-electron chi connectivity index (χ4n) is 6.04. The van der Waals surface area contributed by atoms with E-state index in [1.54, 1.807) is 60.7 Å². The monoisotopic (exact) mass is 762 g/mol. The van der Waals surface area contributed by atoms with Crippen molar-refractivity contribution in [1.29, 1.82) is 0 Å². The number of ether oxygens (including phenoxy) is 4. The van der Waals surface area contributed by atoms with Gasteiger partial charge in [0.15, 0.2) is 0 Å². The smallest absolute Gasteiger partial charge is 0.432 e. The summed E-state index contributed by atoms with van der Waals surface area (Å²) >= 11 is 0. The number of hydrogen-bond donors (Lipinski definition) is 0. The third-order valence-corrected chi connectivity index (χ3v) is 9.32. The first kappa shape index (κ1) is 42.9. The fourth-order valence-corrected chi connectivity index (χ4v) is 6.04. The predicted molar refractivity (Wildman–Crippen MR) is 208 cm³/mol. The molecule has 55 heavy (non-hydrogen) atoms. The van der Waals surface area contributed by atoms with E-state index in [4.69, 9.17) is 14.2 Å². The maximum atomic E-state index is 14.3. The minimum absolute atomic E-state index is 0.0604. The topological polar surface area (TPSA) is 88.1 Å². The van der Waals surface area contributed by atoms with Crippen molar-refractivity contribution >= 4 is 28.7 Å². The Kier molecular flexibility index (Phi) is 17.5. The van der Waals surface area contributed by atoms with E-state index in [0.717, 1.165) is 50.7 Å². The van der Waals surface area contributed by atoms with Gasteiger partial charge in [0, 0.05) is 0 Å². The number of carbonyl (C=O) groups is 3. The van der Waals surface area contributed by atoms with E-state index in [-0.39, 0.29) is 23.3 Å². The summed E-state index contributed by atoms with van der Waals surface area (Å²) in [5, 5.41) is 1.41. The number of fused-ring (bicyclic) bond motifs is 1. The third-order valence-electron chi connectivity index (χ3n) is 9.32. The molecule has 10 heteroatoms. The van der Waals surface area contributed by atoms with Crippen molar-refractivity contribution in [1.82, 2.24) is 0 Å². The van der Waals surface area contributed by atoms with Gasteiger partial charge in [0.05, 0.1) is 23.3 Å². The lowest BCUT2D eigenvalue weighted by Crippen LogP contribution is -2.35. The number of unbranched alkanes of at least 4 members (excludes halogenated alkanes) is 12. The van der Waals surface area contributed by atoms with Crippen LogP contribution >= 0.6 is 0 Å². The average molecular weight is 763 g/mol. The molecular formula is C45H53F3O7. The average Bonchev–Trinajstić information content (AvgIpc) is 3.18. The van der Waals surface area contributed by atoms with Crippen LogP contribution in [0.25, 0.3) is 10.8 Å². The van der Waals surface area contributed by atoms with Crippen molar-refractivity contribution in [2.24, 2.45) is 0 Å². The summed E-state index contributed by atoms with van der Waals surface area (Å²) in [5.74, 6) is -1.51. The summed E-state index contributed by atoms with van der Waals surface area (Å²) in [4.78, 5) is 38.1. The van der Waals surface area contributed by atoms with E-state index in [0.29, 0.717) is 40.9 Å². The van der Waals surface area contributed by atoms with E-state index in [1.165, 1.54) is 50.7 Å². The van der Waals surface area contributed by atoms with Crippen LogP contribution in [0.4, 0.5) is 13.2 Å². The maximum absolute atomic E-state index is 14.3. The SMILES string of the molecule is CCCCCCCCCCOc1ccc(C(=O)Oc2ccc3cc(C(=O)Oc4ccc(C(=O)OC(F)(F)C(F)CCCCCCCC)cc4)ccc3c2)cc1. The zero-order chi connectivity index (χ0) is 39.5. The molecule has 0 aromatic heterocycles. The number of benzene rings is 4.